The van der Waals surface area contributed by atoms with Gasteiger partial charge in [0.05, 0.1) is 11.4 Å². The average Bonchev–Trinajstić information content (AvgIpc) is 2.09. The van der Waals surface area contributed by atoms with Crippen LogP contribution in [0, 0.1) is 13.8 Å². The summed E-state index contributed by atoms with van der Waals surface area (Å²) >= 11 is 0. The molecule has 4 nitrogen and oxygen atoms in total. The van der Waals surface area contributed by atoms with Crippen LogP contribution in [0.2, 0.25) is 0 Å². The van der Waals surface area contributed by atoms with Gasteiger partial charge in [-0.1, -0.05) is 0 Å². The standard InChI is InChI=1S/C10H16N4/c1-7-8(2)13-14-9(11-7)12-10(3)5-4-6-10/h4-6H2,1-3H3,(H,11,12,14). The Morgan fingerprint density at radius 1 is 1.14 bits per heavy atom. The van der Waals surface area contributed by atoms with E-state index in [1.807, 2.05) is 13.8 Å². The van der Waals surface area contributed by atoms with E-state index in [9.17, 15) is 0 Å². The molecule has 0 radical (unpaired) electrons. The first kappa shape index (κ1) is 9.37. The molecule has 0 atom stereocenters. The van der Waals surface area contributed by atoms with E-state index < -0.39 is 0 Å². The first-order valence-electron chi connectivity index (χ1n) is 5.05. The highest BCUT2D eigenvalue weighted by atomic mass is 15.3. The predicted octanol–water partition coefficient (Wildman–Crippen LogP) is 1.84. The zero-order valence-corrected chi connectivity index (χ0v) is 8.96. The van der Waals surface area contributed by atoms with Crippen LogP contribution in [-0.2, 0) is 0 Å². The molecule has 1 N–H and O–H groups in total. The van der Waals surface area contributed by atoms with E-state index in [0.717, 1.165) is 11.4 Å². The van der Waals surface area contributed by atoms with Crippen molar-refractivity contribution in [2.45, 2.75) is 45.6 Å². The van der Waals surface area contributed by atoms with Crippen LogP contribution in [0.3, 0.4) is 0 Å². The maximum absolute atomic E-state index is 4.36. The highest BCUT2D eigenvalue weighted by Crippen LogP contribution is 2.33. The summed E-state index contributed by atoms with van der Waals surface area (Å²) < 4.78 is 0. The van der Waals surface area contributed by atoms with E-state index in [4.69, 9.17) is 0 Å². The third-order valence-electron chi connectivity index (χ3n) is 2.96. The van der Waals surface area contributed by atoms with Gasteiger partial charge in [0.15, 0.2) is 0 Å². The van der Waals surface area contributed by atoms with E-state index in [0.29, 0.717) is 5.95 Å². The third kappa shape index (κ3) is 1.69. The summed E-state index contributed by atoms with van der Waals surface area (Å²) in [7, 11) is 0. The molecular formula is C10H16N4. The second kappa shape index (κ2) is 3.19. The van der Waals surface area contributed by atoms with E-state index >= 15 is 0 Å². The number of hydrogen-bond donors (Lipinski definition) is 1. The molecule has 2 rings (SSSR count). The Kier molecular flexibility index (Phi) is 2.13. The second-order valence-corrected chi connectivity index (χ2v) is 4.35. The number of aryl methyl sites for hydroxylation is 2. The van der Waals surface area contributed by atoms with Gasteiger partial charge >= 0.3 is 0 Å². The van der Waals surface area contributed by atoms with Crippen LogP contribution < -0.4 is 5.32 Å². The Balaban J connectivity index is 2.13. The fraction of sp³-hybridized carbons (Fsp3) is 0.700. The van der Waals surface area contributed by atoms with Gasteiger partial charge in [0, 0.05) is 5.54 Å². The van der Waals surface area contributed by atoms with E-state index in [1.165, 1.54) is 19.3 Å². The molecule has 1 saturated carbocycles. The van der Waals surface area contributed by atoms with Crippen molar-refractivity contribution in [3.8, 4) is 0 Å². The SMILES string of the molecule is Cc1nnc(NC2(C)CCC2)nc1C. The quantitative estimate of drug-likeness (QED) is 0.776. The molecule has 0 amide bonds. The number of hydrogen-bond acceptors (Lipinski definition) is 4. The van der Waals surface area contributed by atoms with Crippen molar-refractivity contribution >= 4 is 5.95 Å². The smallest absolute Gasteiger partial charge is 0.243 e. The molecule has 1 aliphatic rings. The predicted molar refractivity (Wildman–Crippen MR) is 55.2 cm³/mol. The maximum Gasteiger partial charge on any atom is 0.243 e. The summed E-state index contributed by atoms with van der Waals surface area (Å²) in [6.45, 7) is 6.08. The largest absolute Gasteiger partial charge is 0.348 e. The van der Waals surface area contributed by atoms with Crippen LogP contribution in [0.15, 0.2) is 0 Å². The van der Waals surface area contributed by atoms with Crippen molar-refractivity contribution in [3.63, 3.8) is 0 Å². The lowest BCUT2D eigenvalue weighted by atomic mass is 9.79. The summed E-state index contributed by atoms with van der Waals surface area (Å²) in [5, 5.41) is 11.4. The summed E-state index contributed by atoms with van der Waals surface area (Å²) in [6.07, 6.45) is 3.69. The van der Waals surface area contributed by atoms with Gasteiger partial charge in [-0.15, -0.1) is 5.10 Å². The van der Waals surface area contributed by atoms with E-state index in [2.05, 4.69) is 27.4 Å². The monoisotopic (exact) mass is 192 g/mol. The minimum absolute atomic E-state index is 0.198. The molecule has 4 heteroatoms. The van der Waals surface area contributed by atoms with Gasteiger partial charge in [-0.2, -0.15) is 5.10 Å². The Morgan fingerprint density at radius 2 is 1.86 bits per heavy atom. The summed E-state index contributed by atoms with van der Waals surface area (Å²) in [6, 6.07) is 0. The molecule has 0 saturated heterocycles. The highest BCUT2D eigenvalue weighted by Gasteiger charge is 2.32. The van der Waals surface area contributed by atoms with Crippen LogP contribution in [0.4, 0.5) is 5.95 Å². The van der Waals surface area contributed by atoms with Crippen molar-refractivity contribution < 1.29 is 0 Å². The molecule has 0 bridgehead atoms. The Bertz CT molecular complexity index is 344. The van der Waals surface area contributed by atoms with Crippen LogP contribution in [0.5, 0.6) is 0 Å². The molecule has 1 fully saturated rings. The molecular weight excluding hydrogens is 176 g/mol. The lowest BCUT2D eigenvalue weighted by Gasteiger charge is -2.38. The minimum Gasteiger partial charge on any atom is -0.348 e. The van der Waals surface area contributed by atoms with Gasteiger partial charge in [-0.3, -0.25) is 0 Å². The lowest BCUT2D eigenvalue weighted by molar-refractivity contribution is 0.304. The summed E-state index contributed by atoms with van der Waals surface area (Å²) in [5.41, 5.74) is 2.04. The normalized spacial score (nSPS) is 18.8. The topological polar surface area (TPSA) is 50.7 Å². The van der Waals surface area contributed by atoms with Crippen LogP contribution >= 0.6 is 0 Å². The molecule has 0 aromatic carbocycles. The van der Waals surface area contributed by atoms with Crippen molar-refractivity contribution in [2.24, 2.45) is 0 Å². The van der Waals surface area contributed by atoms with Gasteiger partial charge in [-0.05, 0) is 40.0 Å². The van der Waals surface area contributed by atoms with Crippen molar-refractivity contribution in [3.05, 3.63) is 11.4 Å². The molecule has 76 valence electrons. The average molecular weight is 192 g/mol. The van der Waals surface area contributed by atoms with Gasteiger partial charge in [0.2, 0.25) is 5.95 Å². The highest BCUT2D eigenvalue weighted by molar-refractivity contribution is 5.30. The molecule has 0 aliphatic heterocycles. The fourth-order valence-corrected chi connectivity index (χ4v) is 1.61. The summed E-state index contributed by atoms with van der Waals surface area (Å²) in [4.78, 5) is 4.36. The fourth-order valence-electron chi connectivity index (χ4n) is 1.61. The van der Waals surface area contributed by atoms with E-state index in [1.54, 1.807) is 0 Å². The number of rotatable bonds is 2. The van der Waals surface area contributed by atoms with Crippen molar-refractivity contribution in [1.29, 1.82) is 0 Å². The molecule has 1 aromatic heterocycles. The van der Waals surface area contributed by atoms with Gasteiger partial charge < -0.3 is 5.32 Å². The maximum atomic E-state index is 4.36. The summed E-state index contributed by atoms with van der Waals surface area (Å²) in [5.74, 6) is 0.662. The second-order valence-electron chi connectivity index (χ2n) is 4.35. The van der Waals surface area contributed by atoms with E-state index in [-0.39, 0.29) is 5.54 Å². The zero-order chi connectivity index (χ0) is 10.2. The molecule has 1 aliphatic carbocycles. The zero-order valence-electron chi connectivity index (χ0n) is 8.96. The first-order chi connectivity index (χ1) is 6.59. The van der Waals surface area contributed by atoms with Gasteiger partial charge in [0.25, 0.3) is 0 Å². The molecule has 1 aromatic rings. The third-order valence-corrected chi connectivity index (χ3v) is 2.96. The lowest BCUT2D eigenvalue weighted by Crippen LogP contribution is -2.42. The van der Waals surface area contributed by atoms with Crippen LogP contribution in [0.25, 0.3) is 0 Å². The minimum atomic E-state index is 0.198. The number of aromatic nitrogens is 3. The van der Waals surface area contributed by atoms with Crippen molar-refractivity contribution in [2.75, 3.05) is 5.32 Å². The van der Waals surface area contributed by atoms with Gasteiger partial charge in [-0.25, -0.2) is 4.98 Å². The molecule has 1 heterocycles. The molecule has 14 heavy (non-hydrogen) atoms. The van der Waals surface area contributed by atoms with Crippen LogP contribution in [-0.4, -0.2) is 20.7 Å². The molecule has 0 spiro atoms. The van der Waals surface area contributed by atoms with Crippen LogP contribution in [0.1, 0.15) is 37.6 Å². The Hall–Kier alpha value is -1.19. The van der Waals surface area contributed by atoms with Crippen molar-refractivity contribution in [1.82, 2.24) is 15.2 Å². The first-order valence-corrected chi connectivity index (χ1v) is 5.05. The number of nitrogens with one attached hydrogen (secondary N) is 1. The number of nitrogens with zero attached hydrogens (tertiary/aromatic N) is 3. The van der Waals surface area contributed by atoms with Gasteiger partial charge in [0.1, 0.15) is 0 Å². The number of anilines is 1. The Morgan fingerprint density at radius 3 is 2.36 bits per heavy atom. The molecule has 0 unspecified atom stereocenters. The Labute approximate surface area is 84.2 Å².